The number of nitrogens with zero attached hydrogens (tertiary/aromatic N) is 1. The van der Waals surface area contributed by atoms with Crippen LogP contribution in [0.15, 0.2) is 84.9 Å². The van der Waals surface area contributed by atoms with E-state index in [1.54, 1.807) is 12.1 Å². The molecule has 1 heterocycles. The molecule has 2 N–H and O–H groups in total. The minimum absolute atomic E-state index is 0.0323. The summed E-state index contributed by atoms with van der Waals surface area (Å²) >= 11 is 0. The van der Waals surface area contributed by atoms with E-state index in [0.29, 0.717) is 0 Å². The molecular formula is C28H26NO3P. The van der Waals surface area contributed by atoms with E-state index >= 15 is 0 Å². The van der Waals surface area contributed by atoms with Crippen LogP contribution in [0, 0.1) is 0 Å². The molecule has 5 heteroatoms. The van der Waals surface area contributed by atoms with Crippen molar-refractivity contribution in [3.05, 3.63) is 96.1 Å². The van der Waals surface area contributed by atoms with Gasteiger partial charge in [0, 0.05) is 16.5 Å². The maximum absolute atomic E-state index is 11.7. The van der Waals surface area contributed by atoms with E-state index in [-0.39, 0.29) is 5.30 Å². The van der Waals surface area contributed by atoms with Crippen LogP contribution >= 0.6 is 7.60 Å². The number of hydrogen-bond acceptors (Lipinski definition) is 1. The van der Waals surface area contributed by atoms with Crippen molar-refractivity contribution >= 4 is 34.7 Å². The van der Waals surface area contributed by atoms with Gasteiger partial charge in [-0.15, -0.1) is 0 Å². The van der Waals surface area contributed by atoms with E-state index in [2.05, 4.69) is 66.9 Å². The van der Waals surface area contributed by atoms with Crippen LogP contribution in [-0.2, 0) is 17.4 Å². The van der Waals surface area contributed by atoms with Crippen LogP contribution < -0.4 is 5.30 Å². The van der Waals surface area contributed by atoms with E-state index in [4.69, 9.17) is 0 Å². The second kappa shape index (κ2) is 8.31. The minimum atomic E-state index is -4.29. The Bertz CT molecular complexity index is 1470. The highest BCUT2D eigenvalue weighted by atomic mass is 31.2. The molecule has 0 aliphatic rings. The molecular weight excluding hydrogens is 429 g/mol. The average molecular weight is 455 g/mol. The Morgan fingerprint density at radius 1 is 0.697 bits per heavy atom. The first-order valence-corrected chi connectivity index (χ1v) is 12.8. The van der Waals surface area contributed by atoms with Crippen LogP contribution in [0.4, 0.5) is 0 Å². The van der Waals surface area contributed by atoms with Crippen LogP contribution in [0.2, 0.25) is 0 Å². The van der Waals surface area contributed by atoms with E-state index in [1.165, 1.54) is 39.0 Å². The smallest absolute Gasteiger partial charge is 0.321 e. The van der Waals surface area contributed by atoms with Crippen molar-refractivity contribution in [2.24, 2.45) is 0 Å². The SMILES string of the molecule is CCc1ccc2c(c1)c1cc(CC)ccc1n2-c1ccc(-c2cccc(P(=O)(O)O)c2)cc1. The fraction of sp³-hybridized carbons (Fsp3) is 0.143. The van der Waals surface area contributed by atoms with Crippen LogP contribution in [0.1, 0.15) is 25.0 Å². The lowest BCUT2D eigenvalue weighted by molar-refractivity contribution is 0.387. The summed E-state index contributed by atoms with van der Waals surface area (Å²) in [4.78, 5) is 19.0. The number of aromatic nitrogens is 1. The summed E-state index contributed by atoms with van der Waals surface area (Å²) in [5, 5.41) is 2.56. The fourth-order valence-corrected chi connectivity index (χ4v) is 5.09. The third-order valence-electron chi connectivity index (χ3n) is 6.35. The van der Waals surface area contributed by atoms with E-state index in [0.717, 1.165) is 29.7 Å². The van der Waals surface area contributed by atoms with Crippen molar-refractivity contribution in [2.45, 2.75) is 26.7 Å². The highest BCUT2D eigenvalue weighted by Gasteiger charge is 2.17. The van der Waals surface area contributed by atoms with Gasteiger partial charge in [-0.3, -0.25) is 4.57 Å². The van der Waals surface area contributed by atoms with Crippen LogP contribution in [0.3, 0.4) is 0 Å². The summed E-state index contributed by atoms with van der Waals surface area (Å²) in [7, 11) is -4.29. The van der Waals surface area contributed by atoms with Crippen molar-refractivity contribution in [2.75, 3.05) is 0 Å². The second-order valence-electron chi connectivity index (χ2n) is 8.39. The molecule has 33 heavy (non-hydrogen) atoms. The molecule has 1 aromatic heterocycles. The van der Waals surface area contributed by atoms with Gasteiger partial charge in [-0.2, -0.15) is 0 Å². The van der Waals surface area contributed by atoms with Gasteiger partial charge < -0.3 is 14.4 Å². The van der Waals surface area contributed by atoms with Crippen LogP contribution in [-0.4, -0.2) is 14.4 Å². The maximum atomic E-state index is 11.7. The molecule has 4 nitrogen and oxygen atoms in total. The predicted molar refractivity (Wildman–Crippen MR) is 137 cm³/mol. The molecule has 0 radical (unpaired) electrons. The summed E-state index contributed by atoms with van der Waals surface area (Å²) in [6.07, 6.45) is 2.00. The second-order valence-corrected chi connectivity index (χ2v) is 9.99. The van der Waals surface area contributed by atoms with Crippen LogP contribution in [0.5, 0.6) is 0 Å². The van der Waals surface area contributed by atoms with Crippen molar-refractivity contribution in [1.29, 1.82) is 0 Å². The largest absolute Gasteiger partial charge is 0.356 e. The van der Waals surface area contributed by atoms with Crippen molar-refractivity contribution in [3.63, 3.8) is 0 Å². The van der Waals surface area contributed by atoms with E-state index in [9.17, 15) is 14.4 Å². The predicted octanol–water partition coefficient (Wildman–Crippen LogP) is 6.38. The lowest BCUT2D eigenvalue weighted by atomic mass is 10.1. The number of fused-ring (bicyclic) bond motifs is 3. The topological polar surface area (TPSA) is 62.5 Å². The molecule has 0 aliphatic heterocycles. The first kappa shape index (κ1) is 21.7. The summed E-state index contributed by atoms with van der Waals surface area (Å²) in [6.45, 7) is 4.36. The number of rotatable bonds is 5. The van der Waals surface area contributed by atoms with Crippen molar-refractivity contribution in [3.8, 4) is 16.8 Å². The van der Waals surface area contributed by atoms with Gasteiger partial charge in [-0.05, 0) is 83.6 Å². The van der Waals surface area contributed by atoms with Crippen molar-refractivity contribution in [1.82, 2.24) is 4.57 Å². The third-order valence-corrected chi connectivity index (χ3v) is 7.30. The molecule has 0 saturated heterocycles. The standard InChI is InChI=1S/C28H26NO3P/c1-3-19-8-14-27-25(16-19)26-17-20(4-2)9-15-28(26)29(27)23-12-10-21(11-13-23)22-6-5-7-24(18-22)33(30,31)32/h5-18H,3-4H2,1-2H3,(H2,30,31,32). The van der Waals surface area contributed by atoms with E-state index < -0.39 is 7.60 Å². The Hall–Kier alpha value is -3.17. The van der Waals surface area contributed by atoms with E-state index in [1.807, 2.05) is 18.2 Å². The number of aryl methyl sites for hydroxylation is 2. The number of hydrogen-bond donors (Lipinski definition) is 2. The van der Waals surface area contributed by atoms with Crippen molar-refractivity contribution < 1.29 is 14.4 Å². The molecule has 0 bridgehead atoms. The summed E-state index contributed by atoms with van der Waals surface area (Å²) in [5.74, 6) is 0. The monoisotopic (exact) mass is 455 g/mol. The first-order valence-electron chi connectivity index (χ1n) is 11.2. The molecule has 5 rings (SSSR count). The zero-order chi connectivity index (χ0) is 23.2. The van der Waals surface area contributed by atoms with Gasteiger partial charge in [0.25, 0.3) is 0 Å². The number of benzene rings is 4. The Labute approximate surface area is 193 Å². The highest BCUT2D eigenvalue weighted by molar-refractivity contribution is 7.60. The van der Waals surface area contributed by atoms with Gasteiger partial charge in [0.1, 0.15) is 0 Å². The van der Waals surface area contributed by atoms with Gasteiger partial charge in [0.05, 0.1) is 16.3 Å². The Balaban J connectivity index is 1.66. The van der Waals surface area contributed by atoms with Gasteiger partial charge in [0.15, 0.2) is 0 Å². The highest BCUT2D eigenvalue weighted by Crippen LogP contribution is 2.36. The zero-order valence-corrected chi connectivity index (χ0v) is 19.6. The molecule has 0 amide bonds. The first-order chi connectivity index (χ1) is 15.9. The summed E-state index contributed by atoms with van der Waals surface area (Å²) < 4.78 is 13.9. The van der Waals surface area contributed by atoms with Gasteiger partial charge in [-0.1, -0.05) is 50.2 Å². The molecule has 0 spiro atoms. The van der Waals surface area contributed by atoms with Gasteiger partial charge in [-0.25, -0.2) is 0 Å². The molecule has 0 unspecified atom stereocenters. The Kier molecular flexibility index (Phi) is 5.46. The molecule has 0 saturated carbocycles. The van der Waals surface area contributed by atoms with Crippen LogP contribution in [0.25, 0.3) is 38.6 Å². The van der Waals surface area contributed by atoms with Gasteiger partial charge >= 0.3 is 7.60 Å². The summed E-state index contributed by atoms with van der Waals surface area (Å²) in [5.41, 5.74) is 7.74. The maximum Gasteiger partial charge on any atom is 0.356 e. The summed E-state index contributed by atoms with van der Waals surface area (Å²) in [6, 6.07) is 28.1. The van der Waals surface area contributed by atoms with Gasteiger partial charge in [0.2, 0.25) is 0 Å². The Morgan fingerprint density at radius 2 is 1.27 bits per heavy atom. The molecule has 5 aromatic rings. The third kappa shape index (κ3) is 3.91. The fourth-order valence-electron chi connectivity index (χ4n) is 4.51. The normalized spacial score (nSPS) is 12.0. The minimum Gasteiger partial charge on any atom is -0.321 e. The molecule has 166 valence electrons. The zero-order valence-electron chi connectivity index (χ0n) is 18.7. The lowest BCUT2D eigenvalue weighted by Crippen LogP contribution is -2.03. The average Bonchev–Trinajstić information content (AvgIpc) is 3.16. The molecule has 0 atom stereocenters. The lowest BCUT2D eigenvalue weighted by Gasteiger charge is -2.11. The molecule has 0 fully saturated rings. The Morgan fingerprint density at radius 3 is 1.79 bits per heavy atom. The quantitative estimate of drug-likeness (QED) is 0.302. The molecule has 4 aromatic carbocycles. The molecule has 0 aliphatic carbocycles.